The Morgan fingerprint density at radius 3 is 1.25 bits per heavy atom. The fourth-order valence-corrected chi connectivity index (χ4v) is 1.33. The van der Waals surface area contributed by atoms with Crippen molar-refractivity contribution in [3.05, 3.63) is 60.7 Å². The Bertz CT molecular complexity index is 353. The van der Waals surface area contributed by atoms with Gasteiger partial charge in [-0.25, -0.2) is 5.84 Å². The first kappa shape index (κ1) is 14.8. The van der Waals surface area contributed by atoms with Gasteiger partial charge in [-0.3, -0.25) is 5.01 Å². The normalized spacial score (nSPS) is 8.56. The maximum atomic E-state index is 5.95. The molecular weight excluding hydrogens is 243 g/mol. The number of hydrazine groups is 1. The van der Waals surface area contributed by atoms with E-state index in [2.05, 4.69) is 0 Å². The average Bonchev–Trinajstić information content (AvgIpc) is 2.30. The van der Waals surface area contributed by atoms with Crippen molar-refractivity contribution in [1.29, 1.82) is 0 Å². The standard InChI is InChI=1S/C12H12N2.2ClH/c13-14(11-7-3-1-4-8-11)12-9-5-2-6-10-12;;/h1-10H,13H2;2*1H. The summed E-state index contributed by atoms with van der Waals surface area (Å²) in [6.07, 6.45) is 0. The second-order valence-electron chi connectivity index (χ2n) is 3.04. The van der Waals surface area contributed by atoms with Gasteiger partial charge in [0, 0.05) is 0 Å². The van der Waals surface area contributed by atoms with Gasteiger partial charge >= 0.3 is 0 Å². The summed E-state index contributed by atoms with van der Waals surface area (Å²) in [5.41, 5.74) is 1.97. The first-order valence-electron chi connectivity index (χ1n) is 4.53. The Hall–Kier alpha value is -1.22. The minimum Gasteiger partial charge on any atom is -0.280 e. The van der Waals surface area contributed by atoms with Crippen LogP contribution in [0.15, 0.2) is 60.7 Å². The van der Waals surface area contributed by atoms with E-state index in [1.54, 1.807) is 5.01 Å². The van der Waals surface area contributed by atoms with Gasteiger partial charge < -0.3 is 0 Å². The number of hydrogen-bond donors (Lipinski definition) is 1. The van der Waals surface area contributed by atoms with Crippen LogP contribution in [-0.2, 0) is 0 Å². The van der Waals surface area contributed by atoms with Crippen LogP contribution < -0.4 is 10.9 Å². The number of nitrogens with zero attached hydrogens (tertiary/aromatic N) is 1. The van der Waals surface area contributed by atoms with E-state index in [1.165, 1.54) is 0 Å². The highest BCUT2D eigenvalue weighted by Gasteiger charge is 2.01. The van der Waals surface area contributed by atoms with Gasteiger partial charge in [0.05, 0.1) is 11.4 Å². The van der Waals surface area contributed by atoms with Crippen LogP contribution in [0.4, 0.5) is 11.4 Å². The molecule has 0 aliphatic carbocycles. The van der Waals surface area contributed by atoms with E-state index >= 15 is 0 Å². The van der Waals surface area contributed by atoms with Crippen LogP contribution in [0.2, 0.25) is 0 Å². The first-order chi connectivity index (χ1) is 6.88. The molecular formula is C12H14Cl2N2. The summed E-state index contributed by atoms with van der Waals surface area (Å²) in [7, 11) is 0. The molecule has 0 bridgehead atoms. The van der Waals surface area contributed by atoms with Crippen molar-refractivity contribution >= 4 is 36.2 Å². The quantitative estimate of drug-likeness (QED) is 0.658. The highest BCUT2D eigenvalue weighted by Crippen LogP contribution is 2.20. The molecule has 2 nitrogen and oxygen atoms in total. The third kappa shape index (κ3) is 3.42. The lowest BCUT2D eigenvalue weighted by Crippen LogP contribution is -2.24. The molecule has 0 fully saturated rings. The summed E-state index contributed by atoms with van der Waals surface area (Å²) in [5.74, 6) is 5.95. The van der Waals surface area contributed by atoms with Crippen LogP contribution in [0.25, 0.3) is 0 Å². The van der Waals surface area contributed by atoms with Gasteiger partial charge in [0.1, 0.15) is 0 Å². The van der Waals surface area contributed by atoms with E-state index in [1.807, 2.05) is 60.7 Å². The fourth-order valence-electron chi connectivity index (χ4n) is 1.33. The SMILES string of the molecule is Cl.Cl.NN(c1ccccc1)c1ccccc1. The molecule has 0 saturated heterocycles. The molecule has 2 N–H and O–H groups in total. The minimum atomic E-state index is 0. The molecule has 0 heterocycles. The minimum absolute atomic E-state index is 0. The summed E-state index contributed by atoms with van der Waals surface area (Å²) in [6, 6.07) is 19.7. The fraction of sp³-hybridized carbons (Fsp3) is 0. The summed E-state index contributed by atoms with van der Waals surface area (Å²) in [4.78, 5) is 0. The third-order valence-corrected chi connectivity index (χ3v) is 2.07. The van der Waals surface area contributed by atoms with Crippen molar-refractivity contribution in [3.63, 3.8) is 0 Å². The molecule has 0 amide bonds. The molecule has 0 radical (unpaired) electrons. The number of nitrogens with two attached hydrogens (primary N) is 1. The molecule has 2 aromatic carbocycles. The number of benzene rings is 2. The Labute approximate surface area is 108 Å². The van der Waals surface area contributed by atoms with Crippen molar-refractivity contribution in [2.45, 2.75) is 0 Å². The molecule has 0 atom stereocenters. The predicted molar refractivity (Wildman–Crippen MR) is 73.7 cm³/mol. The Morgan fingerprint density at radius 1 is 0.625 bits per heavy atom. The van der Waals surface area contributed by atoms with Gasteiger partial charge in [0.2, 0.25) is 0 Å². The van der Waals surface area contributed by atoms with E-state index in [0.717, 1.165) is 11.4 Å². The van der Waals surface area contributed by atoms with Crippen molar-refractivity contribution < 1.29 is 0 Å². The van der Waals surface area contributed by atoms with Crippen molar-refractivity contribution in [2.75, 3.05) is 5.01 Å². The van der Waals surface area contributed by atoms with Crippen molar-refractivity contribution in [2.24, 2.45) is 5.84 Å². The maximum Gasteiger partial charge on any atom is 0.0575 e. The summed E-state index contributed by atoms with van der Waals surface area (Å²) in [5, 5.41) is 1.67. The first-order valence-corrected chi connectivity index (χ1v) is 4.53. The molecule has 2 rings (SSSR count). The summed E-state index contributed by atoms with van der Waals surface area (Å²) >= 11 is 0. The van der Waals surface area contributed by atoms with Crippen molar-refractivity contribution in [1.82, 2.24) is 0 Å². The highest BCUT2D eigenvalue weighted by molar-refractivity contribution is 5.85. The van der Waals surface area contributed by atoms with Gasteiger partial charge in [-0.2, -0.15) is 0 Å². The lowest BCUT2D eigenvalue weighted by molar-refractivity contribution is 1.09. The molecule has 0 aliphatic rings. The molecule has 86 valence electrons. The largest absolute Gasteiger partial charge is 0.280 e. The lowest BCUT2D eigenvalue weighted by atomic mass is 10.2. The zero-order chi connectivity index (χ0) is 9.80. The molecule has 0 aliphatic heterocycles. The number of halogens is 2. The number of hydrogen-bond acceptors (Lipinski definition) is 2. The second kappa shape index (κ2) is 7.12. The van der Waals surface area contributed by atoms with Crippen LogP contribution in [0.3, 0.4) is 0 Å². The molecule has 0 aromatic heterocycles. The molecule has 0 spiro atoms. The topological polar surface area (TPSA) is 29.3 Å². The zero-order valence-corrected chi connectivity index (χ0v) is 10.2. The molecule has 2 aromatic rings. The summed E-state index contributed by atoms with van der Waals surface area (Å²) < 4.78 is 0. The predicted octanol–water partition coefficient (Wildman–Crippen LogP) is 3.54. The average molecular weight is 257 g/mol. The van der Waals surface area contributed by atoms with E-state index < -0.39 is 0 Å². The Balaban J connectivity index is 0.00000112. The van der Waals surface area contributed by atoms with E-state index in [0.29, 0.717) is 0 Å². The summed E-state index contributed by atoms with van der Waals surface area (Å²) in [6.45, 7) is 0. The molecule has 0 saturated carbocycles. The van der Waals surface area contributed by atoms with Crippen LogP contribution >= 0.6 is 24.8 Å². The molecule has 4 heteroatoms. The zero-order valence-electron chi connectivity index (χ0n) is 8.61. The number of anilines is 2. The van der Waals surface area contributed by atoms with Gasteiger partial charge in [-0.1, -0.05) is 36.4 Å². The van der Waals surface area contributed by atoms with E-state index in [4.69, 9.17) is 5.84 Å². The Kier molecular flexibility index (Phi) is 6.58. The van der Waals surface area contributed by atoms with Gasteiger partial charge in [0.15, 0.2) is 0 Å². The van der Waals surface area contributed by atoms with Crippen LogP contribution in [-0.4, -0.2) is 0 Å². The van der Waals surface area contributed by atoms with Gasteiger partial charge in [-0.15, -0.1) is 24.8 Å². The van der Waals surface area contributed by atoms with Crippen molar-refractivity contribution in [3.8, 4) is 0 Å². The van der Waals surface area contributed by atoms with E-state index in [-0.39, 0.29) is 24.8 Å². The van der Waals surface area contributed by atoms with Gasteiger partial charge in [0.25, 0.3) is 0 Å². The maximum absolute atomic E-state index is 5.95. The smallest absolute Gasteiger partial charge is 0.0575 e. The van der Waals surface area contributed by atoms with Crippen LogP contribution in [0.5, 0.6) is 0 Å². The third-order valence-electron chi connectivity index (χ3n) is 2.07. The van der Waals surface area contributed by atoms with Crippen LogP contribution in [0.1, 0.15) is 0 Å². The monoisotopic (exact) mass is 256 g/mol. The lowest BCUT2D eigenvalue weighted by Gasteiger charge is -2.18. The highest BCUT2D eigenvalue weighted by atomic mass is 35.5. The van der Waals surface area contributed by atoms with Gasteiger partial charge in [-0.05, 0) is 24.3 Å². The van der Waals surface area contributed by atoms with Crippen LogP contribution in [0, 0.1) is 0 Å². The Morgan fingerprint density at radius 2 is 0.938 bits per heavy atom. The number of para-hydroxylation sites is 2. The number of rotatable bonds is 2. The van der Waals surface area contributed by atoms with E-state index in [9.17, 15) is 0 Å². The molecule has 16 heavy (non-hydrogen) atoms. The molecule has 0 unspecified atom stereocenters. The second-order valence-corrected chi connectivity index (χ2v) is 3.04.